The van der Waals surface area contributed by atoms with Crippen molar-refractivity contribution in [3.8, 4) is 0 Å². The Kier molecular flexibility index (Phi) is 5.63. The van der Waals surface area contributed by atoms with Gasteiger partial charge in [0.2, 0.25) is 17.6 Å². The van der Waals surface area contributed by atoms with Crippen LogP contribution in [0.3, 0.4) is 0 Å². The highest BCUT2D eigenvalue weighted by molar-refractivity contribution is 6.01. The van der Waals surface area contributed by atoms with Gasteiger partial charge in [-0.3, -0.25) is 20.2 Å². The molecule has 0 saturated heterocycles. The van der Waals surface area contributed by atoms with Crippen molar-refractivity contribution in [1.29, 1.82) is 0 Å². The molecule has 11 heteroatoms. The van der Waals surface area contributed by atoms with Crippen LogP contribution in [0.1, 0.15) is 17.3 Å². The first-order valence-electron chi connectivity index (χ1n) is 7.36. The van der Waals surface area contributed by atoms with Gasteiger partial charge >= 0.3 is 11.8 Å². The SMILES string of the molecule is COC(=O)Nc1nc(N)c([N+](=O)[O-])c(N[C@@H](C)C(=O)c2ccccc2)n1. The molecular weight excluding hydrogens is 344 g/mol. The minimum absolute atomic E-state index is 0.300. The summed E-state index contributed by atoms with van der Waals surface area (Å²) in [6, 6.07) is 7.54. The van der Waals surface area contributed by atoms with Crippen LogP contribution in [-0.2, 0) is 4.74 Å². The molecule has 0 unspecified atom stereocenters. The van der Waals surface area contributed by atoms with E-state index in [1.54, 1.807) is 30.3 Å². The third-order valence-electron chi connectivity index (χ3n) is 3.30. The van der Waals surface area contributed by atoms with E-state index in [4.69, 9.17) is 5.73 Å². The third-order valence-corrected chi connectivity index (χ3v) is 3.30. The summed E-state index contributed by atoms with van der Waals surface area (Å²) in [6.07, 6.45) is -0.877. The first kappa shape index (κ1) is 18.6. The zero-order valence-electron chi connectivity index (χ0n) is 13.9. The van der Waals surface area contributed by atoms with Crippen LogP contribution >= 0.6 is 0 Å². The van der Waals surface area contributed by atoms with E-state index < -0.39 is 28.6 Å². The highest BCUT2D eigenvalue weighted by atomic mass is 16.6. The van der Waals surface area contributed by atoms with Crippen molar-refractivity contribution in [2.45, 2.75) is 13.0 Å². The maximum absolute atomic E-state index is 12.4. The normalized spacial score (nSPS) is 11.3. The van der Waals surface area contributed by atoms with Gasteiger partial charge < -0.3 is 15.8 Å². The summed E-state index contributed by atoms with van der Waals surface area (Å²) in [4.78, 5) is 41.7. The number of benzene rings is 1. The van der Waals surface area contributed by atoms with Crippen LogP contribution < -0.4 is 16.4 Å². The van der Waals surface area contributed by atoms with Crippen molar-refractivity contribution in [2.24, 2.45) is 0 Å². The number of aromatic nitrogens is 2. The topological polar surface area (TPSA) is 162 Å². The van der Waals surface area contributed by atoms with Crippen molar-refractivity contribution < 1.29 is 19.2 Å². The Bertz CT molecular complexity index is 842. The number of carbonyl (C=O) groups is 2. The molecule has 0 fully saturated rings. The minimum atomic E-state index is -0.877. The van der Waals surface area contributed by atoms with E-state index in [2.05, 4.69) is 25.3 Å². The zero-order chi connectivity index (χ0) is 19.3. The number of nitrogens with two attached hydrogens (primary N) is 1. The second-order valence-corrected chi connectivity index (χ2v) is 5.10. The first-order chi connectivity index (χ1) is 12.3. The van der Waals surface area contributed by atoms with Crippen molar-refractivity contribution in [3.63, 3.8) is 0 Å². The summed E-state index contributed by atoms with van der Waals surface area (Å²) in [5.74, 6) is -1.38. The van der Waals surface area contributed by atoms with Crippen LogP contribution in [0.15, 0.2) is 30.3 Å². The summed E-state index contributed by atoms with van der Waals surface area (Å²) in [5, 5.41) is 16.1. The number of methoxy groups -OCH3 is 1. The number of hydrogen-bond acceptors (Lipinski definition) is 9. The van der Waals surface area contributed by atoms with Gasteiger partial charge in [-0.1, -0.05) is 30.3 Å². The van der Waals surface area contributed by atoms with Crippen molar-refractivity contribution in [3.05, 3.63) is 46.0 Å². The lowest BCUT2D eigenvalue weighted by atomic mass is 10.1. The predicted molar refractivity (Wildman–Crippen MR) is 93.0 cm³/mol. The standard InChI is InChI=1S/C15H16N6O5/c1-8(11(22)9-6-4-3-5-7-9)17-13-10(21(24)25)12(16)18-14(19-13)20-15(23)26-2/h3-8H,1-2H3,(H4,16,17,18,19,20,23)/t8-/m0/s1. The van der Waals surface area contributed by atoms with E-state index in [-0.39, 0.29) is 17.5 Å². The Morgan fingerprint density at radius 1 is 1.27 bits per heavy atom. The largest absolute Gasteiger partial charge is 0.453 e. The summed E-state index contributed by atoms with van der Waals surface area (Å²) in [5.41, 5.74) is 5.41. The summed E-state index contributed by atoms with van der Waals surface area (Å²) < 4.78 is 4.41. The van der Waals surface area contributed by atoms with Gasteiger partial charge in [0.05, 0.1) is 18.1 Å². The Hall–Kier alpha value is -3.76. The molecule has 1 aromatic heterocycles. The number of hydrogen-bond donors (Lipinski definition) is 3. The van der Waals surface area contributed by atoms with Crippen molar-refractivity contribution in [1.82, 2.24) is 9.97 Å². The van der Waals surface area contributed by atoms with Gasteiger partial charge in [0, 0.05) is 5.56 Å². The average molecular weight is 360 g/mol. The molecule has 1 atom stereocenters. The summed E-state index contributed by atoms with van der Waals surface area (Å²) >= 11 is 0. The lowest BCUT2D eigenvalue weighted by Crippen LogP contribution is -2.27. The highest BCUT2D eigenvalue weighted by Gasteiger charge is 2.26. The molecule has 0 bridgehead atoms. The summed E-state index contributed by atoms with van der Waals surface area (Å²) in [6.45, 7) is 1.52. The Morgan fingerprint density at radius 2 is 1.92 bits per heavy atom. The molecule has 1 amide bonds. The zero-order valence-corrected chi connectivity index (χ0v) is 13.9. The number of nitro groups is 1. The van der Waals surface area contributed by atoms with E-state index in [1.807, 2.05) is 0 Å². The fourth-order valence-corrected chi connectivity index (χ4v) is 2.07. The molecule has 2 rings (SSSR count). The lowest BCUT2D eigenvalue weighted by Gasteiger charge is -2.15. The number of ether oxygens (including phenoxy) is 1. The number of ketones is 1. The first-order valence-corrected chi connectivity index (χ1v) is 7.36. The van der Waals surface area contributed by atoms with Crippen LogP contribution in [0.5, 0.6) is 0 Å². The molecule has 1 heterocycles. The van der Waals surface area contributed by atoms with Crippen LogP contribution in [0.4, 0.5) is 28.1 Å². The number of amides is 1. The van der Waals surface area contributed by atoms with E-state index in [9.17, 15) is 19.7 Å². The maximum atomic E-state index is 12.4. The van der Waals surface area contributed by atoms with Crippen LogP contribution in [0.2, 0.25) is 0 Å². The Balaban J connectivity index is 2.35. The molecule has 0 spiro atoms. The quantitative estimate of drug-likeness (QED) is 0.396. The molecule has 11 nitrogen and oxygen atoms in total. The molecule has 26 heavy (non-hydrogen) atoms. The minimum Gasteiger partial charge on any atom is -0.453 e. The van der Waals surface area contributed by atoms with Gasteiger partial charge in [-0.15, -0.1) is 0 Å². The smallest absolute Gasteiger partial charge is 0.413 e. The molecular formula is C15H16N6O5. The molecule has 0 radical (unpaired) electrons. The molecule has 2 aromatic rings. The van der Waals surface area contributed by atoms with Gasteiger partial charge in [-0.2, -0.15) is 9.97 Å². The Morgan fingerprint density at radius 3 is 2.50 bits per heavy atom. The number of nitrogen functional groups attached to an aromatic ring is 1. The highest BCUT2D eigenvalue weighted by Crippen LogP contribution is 2.29. The number of rotatable bonds is 6. The van der Waals surface area contributed by atoms with Crippen LogP contribution in [-0.4, -0.2) is 39.9 Å². The molecule has 4 N–H and O–H groups in total. The van der Waals surface area contributed by atoms with E-state index in [0.717, 1.165) is 7.11 Å². The fourth-order valence-electron chi connectivity index (χ4n) is 2.07. The number of carbonyl (C=O) groups excluding carboxylic acids is 2. The van der Waals surface area contributed by atoms with E-state index in [0.29, 0.717) is 5.56 Å². The number of anilines is 3. The molecule has 0 aliphatic rings. The maximum Gasteiger partial charge on any atom is 0.413 e. The summed E-state index contributed by atoms with van der Waals surface area (Å²) in [7, 11) is 1.13. The number of Topliss-reactive ketones (excluding diaryl/α,β-unsaturated/α-hetero) is 1. The third kappa shape index (κ3) is 4.20. The van der Waals surface area contributed by atoms with Crippen molar-refractivity contribution in [2.75, 3.05) is 23.5 Å². The number of nitrogens with zero attached hydrogens (tertiary/aromatic N) is 3. The van der Waals surface area contributed by atoms with Gasteiger partial charge in [-0.25, -0.2) is 4.79 Å². The van der Waals surface area contributed by atoms with Crippen LogP contribution in [0, 0.1) is 10.1 Å². The van der Waals surface area contributed by atoms with E-state index >= 15 is 0 Å². The van der Waals surface area contributed by atoms with E-state index in [1.165, 1.54) is 6.92 Å². The molecule has 0 saturated carbocycles. The second kappa shape index (κ2) is 7.88. The molecule has 1 aromatic carbocycles. The van der Waals surface area contributed by atoms with Gasteiger partial charge in [0.15, 0.2) is 5.78 Å². The average Bonchev–Trinajstić information content (AvgIpc) is 2.60. The molecule has 0 aliphatic carbocycles. The fraction of sp³-hybridized carbons (Fsp3) is 0.200. The van der Waals surface area contributed by atoms with Gasteiger partial charge in [0.1, 0.15) is 0 Å². The number of nitrogens with one attached hydrogen (secondary N) is 2. The van der Waals surface area contributed by atoms with Gasteiger partial charge in [0.25, 0.3) is 0 Å². The Labute approximate surface area is 147 Å². The predicted octanol–water partition coefficient (Wildman–Crippen LogP) is 1.83. The van der Waals surface area contributed by atoms with Gasteiger partial charge in [-0.05, 0) is 6.92 Å². The van der Waals surface area contributed by atoms with Crippen molar-refractivity contribution >= 4 is 35.1 Å². The molecule has 136 valence electrons. The van der Waals surface area contributed by atoms with Crippen LogP contribution in [0.25, 0.3) is 0 Å². The second-order valence-electron chi connectivity index (χ2n) is 5.10. The molecule has 0 aliphatic heterocycles. The monoisotopic (exact) mass is 360 g/mol. The lowest BCUT2D eigenvalue weighted by molar-refractivity contribution is -0.383.